The summed E-state index contributed by atoms with van der Waals surface area (Å²) in [4.78, 5) is 17.5. The minimum absolute atomic E-state index is 0.166. The maximum atomic E-state index is 12.3. The quantitative estimate of drug-likeness (QED) is 0.904. The standard InChI is InChI=1S/C17H24N2O2S/c1-11-2-5-16(22-11)14-8-15(14)17(20)18-9-13-10-19(6-7-21-13)12-3-4-12/h2,5,12-15H,3-4,6-10H2,1H3,(H,18,20)/t13-,14-,15+/m1/s1. The van der Waals surface area contributed by atoms with E-state index in [1.807, 2.05) is 11.3 Å². The fourth-order valence-corrected chi connectivity index (χ4v) is 4.49. The van der Waals surface area contributed by atoms with Gasteiger partial charge in [0, 0.05) is 47.3 Å². The lowest BCUT2D eigenvalue weighted by Gasteiger charge is -2.33. The first-order valence-corrected chi connectivity index (χ1v) is 9.22. The molecule has 2 heterocycles. The molecule has 1 aromatic heterocycles. The molecular formula is C17H24N2O2S. The molecule has 0 unspecified atom stereocenters. The molecule has 3 aliphatic rings. The van der Waals surface area contributed by atoms with Crippen LogP contribution in [0.3, 0.4) is 0 Å². The van der Waals surface area contributed by atoms with Crippen LogP contribution in [0, 0.1) is 12.8 Å². The van der Waals surface area contributed by atoms with E-state index in [4.69, 9.17) is 4.74 Å². The van der Waals surface area contributed by atoms with Gasteiger partial charge >= 0.3 is 0 Å². The Morgan fingerprint density at radius 1 is 1.45 bits per heavy atom. The third kappa shape index (κ3) is 3.21. The van der Waals surface area contributed by atoms with Gasteiger partial charge in [-0.2, -0.15) is 0 Å². The number of thiophene rings is 1. The lowest BCUT2D eigenvalue weighted by Crippen LogP contribution is -2.48. The van der Waals surface area contributed by atoms with E-state index in [2.05, 4.69) is 29.3 Å². The predicted molar refractivity (Wildman–Crippen MR) is 87.2 cm³/mol. The van der Waals surface area contributed by atoms with Crippen molar-refractivity contribution in [3.63, 3.8) is 0 Å². The van der Waals surface area contributed by atoms with Crippen LogP contribution < -0.4 is 5.32 Å². The van der Waals surface area contributed by atoms with Crippen LogP contribution in [-0.2, 0) is 9.53 Å². The molecule has 4 rings (SSSR count). The van der Waals surface area contributed by atoms with Gasteiger partial charge in [-0.3, -0.25) is 9.69 Å². The van der Waals surface area contributed by atoms with Crippen LogP contribution in [0.15, 0.2) is 12.1 Å². The molecule has 3 fully saturated rings. The number of rotatable bonds is 5. The van der Waals surface area contributed by atoms with Gasteiger partial charge in [0.2, 0.25) is 5.91 Å². The maximum absolute atomic E-state index is 12.3. The number of amides is 1. The molecule has 1 saturated heterocycles. The lowest BCUT2D eigenvalue weighted by atomic mass is 10.2. The molecule has 1 aliphatic heterocycles. The van der Waals surface area contributed by atoms with Crippen LogP contribution in [0.1, 0.15) is 34.9 Å². The number of carbonyl (C=O) groups excluding carboxylic acids is 1. The van der Waals surface area contributed by atoms with E-state index in [1.54, 1.807) is 0 Å². The summed E-state index contributed by atoms with van der Waals surface area (Å²) in [5.74, 6) is 0.846. The van der Waals surface area contributed by atoms with E-state index in [-0.39, 0.29) is 17.9 Å². The Labute approximate surface area is 135 Å². The summed E-state index contributed by atoms with van der Waals surface area (Å²) < 4.78 is 5.80. The molecule has 120 valence electrons. The second-order valence-electron chi connectivity index (χ2n) is 6.86. The summed E-state index contributed by atoms with van der Waals surface area (Å²) >= 11 is 1.82. The van der Waals surface area contributed by atoms with E-state index in [0.717, 1.165) is 32.2 Å². The number of ether oxygens (including phenoxy) is 1. The van der Waals surface area contributed by atoms with E-state index >= 15 is 0 Å². The number of nitrogens with zero attached hydrogens (tertiary/aromatic N) is 1. The third-order valence-electron chi connectivity index (χ3n) is 4.99. The summed E-state index contributed by atoms with van der Waals surface area (Å²) in [7, 11) is 0. The fourth-order valence-electron chi connectivity index (χ4n) is 3.43. The highest BCUT2D eigenvalue weighted by Gasteiger charge is 2.44. The lowest BCUT2D eigenvalue weighted by molar-refractivity contribution is -0.123. The molecule has 1 N–H and O–H groups in total. The molecule has 0 radical (unpaired) electrons. The van der Waals surface area contributed by atoms with Crippen LogP contribution >= 0.6 is 11.3 Å². The van der Waals surface area contributed by atoms with Crippen LogP contribution in [0.2, 0.25) is 0 Å². The smallest absolute Gasteiger partial charge is 0.223 e. The first kappa shape index (κ1) is 14.7. The second kappa shape index (κ2) is 5.95. The molecule has 5 heteroatoms. The van der Waals surface area contributed by atoms with Crippen LogP contribution in [-0.4, -0.2) is 49.2 Å². The van der Waals surface area contributed by atoms with E-state index in [0.29, 0.717) is 12.5 Å². The summed E-state index contributed by atoms with van der Waals surface area (Å²) in [6.07, 6.45) is 3.84. The first-order chi connectivity index (χ1) is 10.7. The van der Waals surface area contributed by atoms with Gasteiger partial charge < -0.3 is 10.1 Å². The molecule has 22 heavy (non-hydrogen) atoms. The number of hydrogen-bond donors (Lipinski definition) is 1. The molecule has 1 amide bonds. The number of morpholine rings is 1. The fraction of sp³-hybridized carbons (Fsp3) is 0.706. The van der Waals surface area contributed by atoms with Crippen molar-refractivity contribution in [3.05, 3.63) is 21.9 Å². The Bertz CT molecular complexity index is 555. The Morgan fingerprint density at radius 3 is 3.05 bits per heavy atom. The predicted octanol–water partition coefficient (Wildman–Crippen LogP) is 2.14. The van der Waals surface area contributed by atoms with Gasteiger partial charge in [-0.05, 0) is 38.3 Å². The minimum atomic E-state index is 0.166. The Morgan fingerprint density at radius 2 is 2.32 bits per heavy atom. The van der Waals surface area contributed by atoms with Crippen molar-refractivity contribution in [2.75, 3.05) is 26.2 Å². The third-order valence-corrected chi connectivity index (χ3v) is 6.12. The van der Waals surface area contributed by atoms with Gasteiger partial charge in [-0.15, -0.1) is 11.3 Å². The van der Waals surface area contributed by atoms with Gasteiger partial charge in [-0.1, -0.05) is 0 Å². The van der Waals surface area contributed by atoms with E-state index in [1.165, 1.54) is 22.6 Å². The van der Waals surface area contributed by atoms with Crippen LogP contribution in [0.5, 0.6) is 0 Å². The van der Waals surface area contributed by atoms with Crippen molar-refractivity contribution in [3.8, 4) is 0 Å². The number of aryl methyl sites for hydroxylation is 1. The highest BCUT2D eigenvalue weighted by atomic mass is 32.1. The second-order valence-corrected chi connectivity index (χ2v) is 8.18. The zero-order chi connectivity index (χ0) is 15.1. The summed E-state index contributed by atoms with van der Waals surface area (Å²) in [6.45, 7) is 5.62. The van der Waals surface area contributed by atoms with Crippen molar-refractivity contribution in [1.82, 2.24) is 10.2 Å². The average molecular weight is 320 g/mol. The largest absolute Gasteiger partial charge is 0.374 e. The van der Waals surface area contributed by atoms with Gasteiger partial charge in [0.1, 0.15) is 0 Å². The zero-order valence-electron chi connectivity index (χ0n) is 13.1. The number of carbonyl (C=O) groups is 1. The first-order valence-electron chi connectivity index (χ1n) is 8.40. The minimum Gasteiger partial charge on any atom is -0.374 e. The van der Waals surface area contributed by atoms with E-state index < -0.39 is 0 Å². The average Bonchev–Trinajstić information content (AvgIpc) is 3.43. The highest BCUT2D eigenvalue weighted by molar-refractivity contribution is 7.12. The number of hydrogen-bond acceptors (Lipinski definition) is 4. The van der Waals surface area contributed by atoms with Crippen molar-refractivity contribution in [2.24, 2.45) is 5.92 Å². The van der Waals surface area contributed by atoms with Crippen molar-refractivity contribution < 1.29 is 9.53 Å². The van der Waals surface area contributed by atoms with Gasteiger partial charge in [-0.25, -0.2) is 0 Å². The maximum Gasteiger partial charge on any atom is 0.223 e. The topological polar surface area (TPSA) is 41.6 Å². The SMILES string of the molecule is Cc1ccc([C@@H]2C[C@@H]2C(=O)NC[C@@H]2CN(C3CC3)CCO2)s1. The van der Waals surface area contributed by atoms with Crippen LogP contribution in [0.25, 0.3) is 0 Å². The van der Waals surface area contributed by atoms with Crippen LogP contribution in [0.4, 0.5) is 0 Å². The summed E-state index contributed by atoms with van der Waals surface area (Å²) in [6, 6.07) is 5.11. The molecule has 2 aliphatic carbocycles. The Balaban J connectivity index is 1.23. The molecule has 0 spiro atoms. The summed E-state index contributed by atoms with van der Waals surface area (Å²) in [5, 5.41) is 3.11. The molecule has 3 atom stereocenters. The molecule has 4 nitrogen and oxygen atoms in total. The van der Waals surface area contributed by atoms with Crippen molar-refractivity contribution in [2.45, 2.75) is 44.2 Å². The van der Waals surface area contributed by atoms with Crippen molar-refractivity contribution in [1.29, 1.82) is 0 Å². The Kier molecular flexibility index (Phi) is 3.96. The van der Waals surface area contributed by atoms with Gasteiger partial charge in [0.05, 0.1) is 12.7 Å². The van der Waals surface area contributed by atoms with Gasteiger partial charge in [0.25, 0.3) is 0 Å². The number of nitrogens with one attached hydrogen (secondary N) is 1. The van der Waals surface area contributed by atoms with Crippen molar-refractivity contribution >= 4 is 17.2 Å². The molecular weight excluding hydrogens is 296 g/mol. The highest BCUT2D eigenvalue weighted by Crippen LogP contribution is 2.49. The molecule has 0 bridgehead atoms. The zero-order valence-corrected chi connectivity index (χ0v) is 13.9. The monoisotopic (exact) mass is 320 g/mol. The van der Waals surface area contributed by atoms with E-state index in [9.17, 15) is 4.79 Å². The molecule has 0 aromatic carbocycles. The normalized spacial score (nSPS) is 32.0. The Hall–Kier alpha value is -0.910. The summed E-state index contributed by atoms with van der Waals surface area (Å²) in [5.41, 5.74) is 0. The molecule has 2 saturated carbocycles. The van der Waals surface area contributed by atoms with Gasteiger partial charge in [0.15, 0.2) is 0 Å². The molecule has 1 aromatic rings.